The van der Waals surface area contributed by atoms with Crippen LogP contribution in [0.5, 0.6) is 0 Å². The molecule has 0 saturated heterocycles. The average molecular weight is 845 g/mol. The summed E-state index contributed by atoms with van der Waals surface area (Å²) in [7, 11) is 4.35. The van der Waals surface area contributed by atoms with Crippen LogP contribution in [0.1, 0.15) is 246 Å². The van der Waals surface area contributed by atoms with Crippen LogP contribution in [0, 0.1) is 11.8 Å². The minimum atomic E-state index is -0.0362. The summed E-state index contributed by atoms with van der Waals surface area (Å²) in [5.41, 5.74) is 0. The van der Waals surface area contributed by atoms with Gasteiger partial charge < -0.3 is 19.3 Å². The molecule has 60 heavy (non-hydrogen) atoms. The van der Waals surface area contributed by atoms with Crippen LogP contribution in [0.15, 0.2) is 24.3 Å². The Hall–Kier alpha value is -1.66. The highest BCUT2D eigenvalue weighted by atomic mass is 16.5. The number of hydrogen-bond donors (Lipinski definition) is 0. The predicted molar refractivity (Wildman–Crippen MR) is 262 cm³/mol. The standard InChI is InChI=1S/C54H104N2O4/c1-7-11-25-37-51(38-26-12-8-2)41-35-49-59-53(57)43-29-21-17-15-19-23-31-46-56(48-34-33-45-55(5)6)47-32-24-20-16-18-22-30-44-54(58)60-50-36-42-52(39-27-13-9-3)40-28-14-10-4/h35-36,41-42,51-52H,7-34,37-40,43-50H2,1-6H3/b41-35-,42-36-. The van der Waals surface area contributed by atoms with Crippen LogP contribution in [0.4, 0.5) is 0 Å². The van der Waals surface area contributed by atoms with E-state index in [1.807, 2.05) is 0 Å². The lowest BCUT2D eigenvalue weighted by molar-refractivity contribution is -0.143. The van der Waals surface area contributed by atoms with Crippen molar-refractivity contribution in [3.05, 3.63) is 24.3 Å². The second-order valence-electron chi connectivity index (χ2n) is 18.5. The third-order valence-electron chi connectivity index (χ3n) is 12.3. The lowest BCUT2D eigenvalue weighted by Crippen LogP contribution is -2.28. The lowest BCUT2D eigenvalue weighted by atomic mass is 9.94. The first kappa shape index (κ1) is 58.3. The van der Waals surface area contributed by atoms with Gasteiger partial charge >= 0.3 is 11.9 Å². The quantitative estimate of drug-likeness (QED) is 0.0345. The zero-order valence-corrected chi connectivity index (χ0v) is 41.3. The Morgan fingerprint density at radius 1 is 0.400 bits per heavy atom. The van der Waals surface area contributed by atoms with Gasteiger partial charge in [-0.1, -0.05) is 193 Å². The monoisotopic (exact) mass is 845 g/mol. The highest BCUT2D eigenvalue weighted by molar-refractivity contribution is 5.69. The van der Waals surface area contributed by atoms with E-state index in [1.54, 1.807) is 0 Å². The van der Waals surface area contributed by atoms with Crippen LogP contribution in [0.25, 0.3) is 0 Å². The average Bonchev–Trinajstić information content (AvgIpc) is 3.23. The fourth-order valence-corrected chi connectivity index (χ4v) is 8.30. The van der Waals surface area contributed by atoms with Crippen LogP contribution in [0.3, 0.4) is 0 Å². The topological polar surface area (TPSA) is 59.1 Å². The number of hydrogen-bond acceptors (Lipinski definition) is 6. The van der Waals surface area contributed by atoms with Gasteiger partial charge in [-0.2, -0.15) is 0 Å². The molecular weight excluding hydrogens is 741 g/mol. The van der Waals surface area contributed by atoms with Crippen molar-refractivity contribution in [2.75, 3.05) is 53.5 Å². The SMILES string of the molecule is CCCCCC(/C=C\COC(=O)CCCCCCCCCN(CCCCCCCCCC(=O)OC/C=C\C(CCCCC)CCCCC)CCCCN(C)C)CCCCC. The summed E-state index contributed by atoms with van der Waals surface area (Å²) < 4.78 is 11.1. The van der Waals surface area contributed by atoms with Crippen molar-refractivity contribution in [2.24, 2.45) is 11.8 Å². The molecule has 0 aromatic heterocycles. The maximum atomic E-state index is 12.3. The lowest BCUT2D eigenvalue weighted by Gasteiger charge is -2.23. The van der Waals surface area contributed by atoms with E-state index in [9.17, 15) is 9.59 Å². The Labute approximate surface area is 375 Å². The van der Waals surface area contributed by atoms with Crippen LogP contribution in [0.2, 0.25) is 0 Å². The van der Waals surface area contributed by atoms with Gasteiger partial charge in [0.05, 0.1) is 0 Å². The third-order valence-corrected chi connectivity index (χ3v) is 12.3. The normalized spacial score (nSPS) is 12.1. The number of rotatable bonds is 47. The number of esters is 2. The number of unbranched alkanes of at least 4 members (excludes halogenated alkanes) is 21. The van der Waals surface area contributed by atoms with Gasteiger partial charge in [-0.05, 0) is 116 Å². The molecule has 0 aromatic carbocycles. The second kappa shape index (κ2) is 46.8. The first-order valence-electron chi connectivity index (χ1n) is 26.4. The molecule has 0 fully saturated rings. The molecule has 0 radical (unpaired) electrons. The van der Waals surface area contributed by atoms with E-state index in [0.717, 1.165) is 25.7 Å². The van der Waals surface area contributed by atoms with Crippen molar-refractivity contribution in [2.45, 2.75) is 246 Å². The molecule has 6 heteroatoms. The number of allylic oxidation sites excluding steroid dienone is 2. The van der Waals surface area contributed by atoms with E-state index in [1.165, 1.54) is 206 Å². The fourth-order valence-electron chi connectivity index (χ4n) is 8.30. The molecule has 0 aliphatic heterocycles. The molecular formula is C54H104N2O4. The summed E-state index contributed by atoms with van der Waals surface area (Å²) in [6.07, 6.45) is 50.0. The van der Waals surface area contributed by atoms with Gasteiger partial charge in [0.2, 0.25) is 0 Å². The smallest absolute Gasteiger partial charge is 0.306 e. The molecule has 0 amide bonds. The molecule has 0 heterocycles. The minimum Gasteiger partial charge on any atom is -0.461 e. The van der Waals surface area contributed by atoms with Crippen LogP contribution in [-0.4, -0.2) is 75.2 Å². The summed E-state index contributed by atoms with van der Waals surface area (Å²) in [6.45, 7) is 14.8. The molecule has 0 aromatic rings. The van der Waals surface area contributed by atoms with E-state index < -0.39 is 0 Å². The van der Waals surface area contributed by atoms with Gasteiger partial charge in [0.15, 0.2) is 0 Å². The number of carbonyl (C=O) groups is 2. The summed E-state index contributed by atoms with van der Waals surface area (Å²) >= 11 is 0. The van der Waals surface area contributed by atoms with E-state index in [4.69, 9.17) is 9.47 Å². The van der Waals surface area contributed by atoms with Crippen molar-refractivity contribution in [1.82, 2.24) is 9.80 Å². The zero-order valence-electron chi connectivity index (χ0n) is 41.3. The minimum absolute atomic E-state index is 0.0362. The van der Waals surface area contributed by atoms with Crippen LogP contribution < -0.4 is 0 Å². The number of carbonyl (C=O) groups excluding carboxylic acids is 2. The molecule has 0 bridgehead atoms. The first-order chi connectivity index (χ1) is 29.4. The summed E-state index contributed by atoms with van der Waals surface area (Å²) in [5.74, 6) is 1.20. The van der Waals surface area contributed by atoms with Gasteiger partial charge in [0.25, 0.3) is 0 Å². The Bertz CT molecular complexity index is 877. The van der Waals surface area contributed by atoms with Gasteiger partial charge in [-0.3, -0.25) is 9.59 Å². The maximum Gasteiger partial charge on any atom is 0.306 e. The van der Waals surface area contributed by atoms with Crippen LogP contribution >= 0.6 is 0 Å². The number of nitrogens with zero attached hydrogens (tertiary/aromatic N) is 2. The molecule has 0 atom stereocenters. The van der Waals surface area contributed by atoms with Crippen molar-refractivity contribution in [3.8, 4) is 0 Å². The highest BCUT2D eigenvalue weighted by Gasteiger charge is 2.09. The van der Waals surface area contributed by atoms with E-state index in [2.05, 4.69) is 75.9 Å². The zero-order chi connectivity index (χ0) is 44.0. The van der Waals surface area contributed by atoms with E-state index in [0.29, 0.717) is 37.9 Å². The third kappa shape index (κ3) is 43.0. The fraction of sp³-hybridized carbons (Fsp3) is 0.889. The summed E-state index contributed by atoms with van der Waals surface area (Å²) in [5, 5.41) is 0. The molecule has 0 aliphatic rings. The Balaban J connectivity index is 4.11. The summed E-state index contributed by atoms with van der Waals surface area (Å²) in [4.78, 5) is 29.6. The molecule has 0 saturated carbocycles. The van der Waals surface area contributed by atoms with E-state index in [-0.39, 0.29) is 11.9 Å². The Morgan fingerprint density at radius 3 is 1.03 bits per heavy atom. The first-order valence-corrected chi connectivity index (χ1v) is 26.4. The summed E-state index contributed by atoms with van der Waals surface area (Å²) in [6, 6.07) is 0. The molecule has 0 unspecified atom stereocenters. The molecule has 0 spiro atoms. The largest absolute Gasteiger partial charge is 0.461 e. The highest BCUT2D eigenvalue weighted by Crippen LogP contribution is 2.20. The maximum absolute atomic E-state index is 12.3. The van der Waals surface area contributed by atoms with E-state index >= 15 is 0 Å². The van der Waals surface area contributed by atoms with Gasteiger partial charge in [0, 0.05) is 12.8 Å². The van der Waals surface area contributed by atoms with Crippen molar-refractivity contribution in [3.63, 3.8) is 0 Å². The van der Waals surface area contributed by atoms with Gasteiger partial charge in [-0.15, -0.1) is 0 Å². The molecule has 0 N–H and O–H groups in total. The molecule has 0 rings (SSSR count). The Morgan fingerprint density at radius 2 is 0.700 bits per heavy atom. The van der Waals surface area contributed by atoms with Crippen molar-refractivity contribution >= 4 is 11.9 Å². The van der Waals surface area contributed by atoms with Crippen LogP contribution in [-0.2, 0) is 19.1 Å². The predicted octanol–water partition coefficient (Wildman–Crippen LogP) is 15.6. The van der Waals surface area contributed by atoms with Gasteiger partial charge in [0.1, 0.15) is 13.2 Å². The second-order valence-corrected chi connectivity index (χ2v) is 18.5. The molecule has 6 nitrogen and oxygen atoms in total. The van der Waals surface area contributed by atoms with Crippen molar-refractivity contribution in [1.29, 1.82) is 0 Å². The van der Waals surface area contributed by atoms with Gasteiger partial charge in [-0.25, -0.2) is 0 Å². The van der Waals surface area contributed by atoms with Crippen molar-refractivity contribution < 1.29 is 19.1 Å². The Kier molecular flexibility index (Phi) is 45.5. The molecule has 354 valence electrons. The molecule has 0 aliphatic carbocycles. The number of ether oxygens (including phenoxy) is 2.